The molecule has 0 aliphatic carbocycles. The predicted molar refractivity (Wildman–Crippen MR) is 59.8 cm³/mol. The minimum absolute atomic E-state index is 0.0856. The first-order valence-corrected chi connectivity index (χ1v) is 5.55. The van der Waals surface area contributed by atoms with Crippen LogP contribution in [0.1, 0.15) is 0 Å². The minimum Gasteiger partial charge on any atom is -0.329 e. The van der Waals surface area contributed by atoms with Crippen LogP contribution in [0.2, 0.25) is 0 Å². The molecule has 1 aromatic carbocycles. The fourth-order valence-corrected chi connectivity index (χ4v) is 1.77. The first-order chi connectivity index (χ1) is 7.56. The molecule has 0 spiro atoms. The highest BCUT2D eigenvalue weighted by molar-refractivity contribution is 7.74. The van der Waals surface area contributed by atoms with Crippen LogP contribution in [-0.4, -0.2) is 26.4 Å². The molecular formula is C8H11N3O4S. The molecule has 0 atom stereocenters. The minimum atomic E-state index is -2.79. The second kappa shape index (κ2) is 5.42. The standard InChI is InChI=1S/C8H11N3O4S/c9-5-6-10(16(14)15)7-1-3-8(4-2-7)11(12)13/h1-4,16H,5-6,9H2. The first-order valence-electron chi connectivity index (χ1n) is 4.42. The number of rotatable bonds is 5. The smallest absolute Gasteiger partial charge is 0.269 e. The maximum absolute atomic E-state index is 10.9. The van der Waals surface area contributed by atoms with Crippen LogP contribution in [-0.2, 0) is 10.9 Å². The molecule has 7 nitrogen and oxygen atoms in total. The number of non-ortho nitro benzene ring substituents is 1. The molecule has 8 heteroatoms. The summed E-state index contributed by atoms with van der Waals surface area (Å²) < 4.78 is 22.8. The summed E-state index contributed by atoms with van der Waals surface area (Å²) in [5, 5.41) is 10.4. The number of anilines is 1. The van der Waals surface area contributed by atoms with Crippen LogP contribution in [0, 0.1) is 10.1 Å². The molecule has 0 bridgehead atoms. The average Bonchev–Trinajstić information content (AvgIpc) is 2.25. The van der Waals surface area contributed by atoms with Crippen LogP contribution in [0.3, 0.4) is 0 Å². The molecule has 0 unspecified atom stereocenters. The molecular weight excluding hydrogens is 234 g/mol. The van der Waals surface area contributed by atoms with Crippen molar-refractivity contribution in [2.75, 3.05) is 17.4 Å². The van der Waals surface area contributed by atoms with Gasteiger partial charge in [0.05, 0.1) is 10.6 Å². The quantitative estimate of drug-likeness (QED) is 0.427. The van der Waals surface area contributed by atoms with Gasteiger partial charge in [-0.25, -0.2) is 8.42 Å². The van der Waals surface area contributed by atoms with Gasteiger partial charge in [0.1, 0.15) is 0 Å². The van der Waals surface area contributed by atoms with Crippen molar-refractivity contribution in [1.29, 1.82) is 0 Å². The number of nitrogens with two attached hydrogens (primary N) is 1. The number of thiol groups is 1. The summed E-state index contributed by atoms with van der Waals surface area (Å²) in [6.07, 6.45) is 0. The molecule has 0 heterocycles. The lowest BCUT2D eigenvalue weighted by atomic mass is 10.3. The van der Waals surface area contributed by atoms with Crippen molar-refractivity contribution in [2.24, 2.45) is 5.73 Å². The van der Waals surface area contributed by atoms with E-state index < -0.39 is 15.8 Å². The van der Waals surface area contributed by atoms with Crippen molar-refractivity contribution in [3.63, 3.8) is 0 Å². The Morgan fingerprint density at radius 1 is 1.31 bits per heavy atom. The molecule has 0 fully saturated rings. The predicted octanol–water partition coefficient (Wildman–Crippen LogP) is -0.114. The number of hydrogen-bond donors (Lipinski definition) is 2. The van der Waals surface area contributed by atoms with E-state index in [4.69, 9.17) is 5.73 Å². The molecule has 0 radical (unpaired) electrons. The fraction of sp³-hybridized carbons (Fsp3) is 0.250. The average molecular weight is 245 g/mol. The molecule has 0 aromatic heterocycles. The van der Waals surface area contributed by atoms with Gasteiger partial charge in [0.15, 0.2) is 0 Å². The van der Waals surface area contributed by atoms with Gasteiger partial charge >= 0.3 is 0 Å². The SMILES string of the molecule is NCCN(c1ccc([N+](=O)[O-])cc1)[SH](=O)=O. The zero-order chi connectivity index (χ0) is 12.1. The van der Waals surface area contributed by atoms with Crippen molar-refractivity contribution in [1.82, 2.24) is 0 Å². The van der Waals surface area contributed by atoms with E-state index in [1.807, 2.05) is 0 Å². The largest absolute Gasteiger partial charge is 0.329 e. The summed E-state index contributed by atoms with van der Waals surface area (Å²) in [5.41, 5.74) is 5.55. The Morgan fingerprint density at radius 2 is 1.88 bits per heavy atom. The van der Waals surface area contributed by atoms with E-state index in [1.165, 1.54) is 24.3 Å². The van der Waals surface area contributed by atoms with E-state index in [2.05, 4.69) is 0 Å². The number of nitro groups is 1. The molecule has 0 aliphatic heterocycles. The second-order valence-corrected chi connectivity index (χ2v) is 3.88. The maximum Gasteiger partial charge on any atom is 0.269 e. The Balaban J connectivity index is 2.98. The Hall–Kier alpha value is -1.67. The summed E-state index contributed by atoms with van der Waals surface area (Å²) in [6.45, 7) is 0.330. The van der Waals surface area contributed by atoms with E-state index in [-0.39, 0.29) is 18.8 Å². The van der Waals surface area contributed by atoms with Crippen molar-refractivity contribution < 1.29 is 13.3 Å². The summed E-state index contributed by atoms with van der Waals surface area (Å²) in [6, 6.07) is 5.24. The van der Waals surface area contributed by atoms with Crippen LogP contribution in [0.25, 0.3) is 0 Å². The van der Waals surface area contributed by atoms with Gasteiger partial charge in [-0.1, -0.05) is 0 Å². The third-order valence-corrected chi connectivity index (χ3v) is 2.72. The molecule has 88 valence electrons. The van der Waals surface area contributed by atoms with Crippen LogP contribution in [0.4, 0.5) is 11.4 Å². The van der Waals surface area contributed by atoms with Crippen molar-refractivity contribution >= 4 is 22.3 Å². The van der Waals surface area contributed by atoms with Crippen LogP contribution in [0.15, 0.2) is 24.3 Å². The lowest BCUT2D eigenvalue weighted by molar-refractivity contribution is -0.384. The Labute approximate surface area is 93.7 Å². The monoisotopic (exact) mass is 245 g/mol. The summed E-state index contributed by atoms with van der Waals surface area (Å²) in [7, 11) is -2.79. The summed E-state index contributed by atoms with van der Waals surface area (Å²) in [5.74, 6) is 0. The Bertz CT molecular complexity index is 435. The fourth-order valence-electron chi connectivity index (χ4n) is 1.17. The van der Waals surface area contributed by atoms with E-state index in [1.54, 1.807) is 0 Å². The van der Waals surface area contributed by atoms with E-state index in [0.717, 1.165) is 4.31 Å². The molecule has 2 N–H and O–H groups in total. The van der Waals surface area contributed by atoms with Gasteiger partial charge < -0.3 is 5.73 Å². The number of nitro benzene ring substituents is 1. The van der Waals surface area contributed by atoms with Crippen molar-refractivity contribution in [2.45, 2.75) is 0 Å². The number of hydrogen-bond acceptors (Lipinski definition) is 5. The lowest BCUT2D eigenvalue weighted by Gasteiger charge is -2.15. The van der Waals surface area contributed by atoms with Gasteiger partial charge in [-0.05, 0) is 12.1 Å². The highest BCUT2D eigenvalue weighted by atomic mass is 32.2. The lowest BCUT2D eigenvalue weighted by Crippen LogP contribution is -2.27. The maximum atomic E-state index is 10.9. The summed E-state index contributed by atoms with van der Waals surface area (Å²) in [4.78, 5) is 9.85. The zero-order valence-electron chi connectivity index (χ0n) is 8.28. The van der Waals surface area contributed by atoms with Gasteiger partial charge in [-0.3, -0.25) is 14.4 Å². The zero-order valence-corrected chi connectivity index (χ0v) is 9.17. The highest BCUT2D eigenvalue weighted by Gasteiger charge is 2.10. The molecule has 0 saturated carbocycles. The van der Waals surface area contributed by atoms with Gasteiger partial charge in [0.25, 0.3) is 5.69 Å². The van der Waals surface area contributed by atoms with E-state index in [9.17, 15) is 18.5 Å². The molecule has 0 aliphatic rings. The number of benzene rings is 1. The molecule has 0 amide bonds. The molecule has 0 saturated heterocycles. The number of nitrogens with zero attached hydrogens (tertiary/aromatic N) is 2. The molecule has 16 heavy (non-hydrogen) atoms. The van der Waals surface area contributed by atoms with Gasteiger partial charge in [-0.2, -0.15) is 0 Å². The Morgan fingerprint density at radius 3 is 2.25 bits per heavy atom. The van der Waals surface area contributed by atoms with Crippen LogP contribution in [0.5, 0.6) is 0 Å². The first kappa shape index (κ1) is 12.4. The normalized spacial score (nSPS) is 10.4. The molecule has 1 aromatic rings. The summed E-state index contributed by atoms with van der Waals surface area (Å²) >= 11 is 0. The van der Waals surface area contributed by atoms with Gasteiger partial charge in [-0.15, -0.1) is 0 Å². The Kier molecular flexibility index (Phi) is 4.20. The van der Waals surface area contributed by atoms with Crippen LogP contribution < -0.4 is 10.0 Å². The van der Waals surface area contributed by atoms with Crippen molar-refractivity contribution in [3.8, 4) is 0 Å². The third kappa shape index (κ3) is 2.91. The van der Waals surface area contributed by atoms with Gasteiger partial charge in [0.2, 0.25) is 10.9 Å². The molecule has 1 rings (SSSR count). The van der Waals surface area contributed by atoms with Crippen molar-refractivity contribution in [3.05, 3.63) is 34.4 Å². The second-order valence-electron chi connectivity index (χ2n) is 2.92. The van der Waals surface area contributed by atoms with Crippen LogP contribution >= 0.6 is 0 Å². The van der Waals surface area contributed by atoms with E-state index >= 15 is 0 Å². The topological polar surface area (TPSA) is 107 Å². The van der Waals surface area contributed by atoms with Gasteiger partial charge in [0, 0.05) is 25.2 Å². The third-order valence-electron chi connectivity index (χ3n) is 1.90. The highest BCUT2D eigenvalue weighted by Crippen LogP contribution is 2.18. The van der Waals surface area contributed by atoms with E-state index in [0.29, 0.717) is 5.69 Å².